The molecule has 1 amide bonds. The van der Waals surface area contributed by atoms with E-state index in [-0.39, 0.29) is 25.0 Å². The number of amides is 1. The number of hydrogen-bond donors (Lipinski definition) is 2. The number of carbonyl (C=O) groups excluding carboxylic acids is 1. The van der Waals surface area contributed by atoms with Crippen LogP contribution in [0.5, 0.6) is 0 Å². The van der Waals surface area contributed by atoms with Gasteiger partial charge >= 0.3 is 12.1 Å². The molecule has 1 aliphatic heterocycles. The number of ether oxygens (including phenoxy) is 1. The van der Waals surface area contributed by atoms with E-state index >= 15 is 0 Å². The molecule has 0 spiro atoms. The molecule has 4 rings (SSSR count). The van der Waals surface area contributed by atoms with Gasteiger partial charge in [-0.05, 0) is 54.1 Å². The van der Waals surface area contributed by atoms with Crippen LogP contribution in [0.4, 0.5) is 4.79 Å². The number of carboxylic acids is 1. The van der Waals surface area contributed by atoms with E-state index in [9.17, 15) is 14.7 Å². The van der Waals surface area contributed by atoms with Gasteiger partial charge in [0, 0.05) is 12.5 Å². The molecule has 2 aliphatic rings. The van der Waals surface area contributed by atoms with Crippen molar-refractivity contribution in [1.29, 1.82) is 0 Å². The lowest BCUT2D eigenvalue weighted by atomic mass is 9.98. The summed E-state index contributed by atoms with van der Waals surface area (Å²) in [5, 5.41) is 12.5. The Hall–Kier alpha value is -2.86. The van der Waals surface area contributed by atoms with Crippen molar-refractivity contribution in [1.82, 2.24) is 10.2 Å². The van der Waals surface area contributed by atoms with Gasteiger partial charge < -0.3 is 15.2 Å². The lowest BCUT2D eigenvalue weighted by molar-refractivity contribution is -0.138. The van der Waals surface area contributed by atoms with E-state index in [0.717, 1.165) is 37.1 Å². The average Bonchev–Trinajstić information content (AvgIpc) is 3.06. The zero-order valence-corrected chi connectivity index (χ0v) is 16.3. The van der Waals surface area contributed by atoms with Gasteiger partial charge in [0.2, 0.25) is 0 Å². The zero-order valence-electron chi connectivity index (χ0n) is 16.3. The molecular formula is C23H26N2O4. The van der Waals surface area contributed by atoms with Crippen LogP contribution in [0.3, 0.4) is 0 Å². The van der Waals surface area contributed by atoms with Crippen molar-refractivity contribution >= 4 is 12.1 Å². The van der Waals surface area contributed by atoms with Crippen molar-refractivity contribution in [3.63, 3.8) is 0 Å². The van der Waals surface area contributed by atoms with E-state index < -0.39 is 12.1 Å². The van der Waals surface area contributed by atoms with Gasteiger partial charge in [0.1, 0.15) is 13.2 Å². The number of rotatable bonds is 6. The predicted octanol–water partition coefficient (Wildman–Crippen LogP) is 3.32. The molecule has 0 radical (unpaired) electrons. The Morgan fingerprint density at radius 2 is 1.72 bits per heavy atom. The highest BCUT2D eigenvalue weighted by Gasteiger charge is 2.30. The second-order valence-corrected chi connectivity index (χ2v) is 7.79. The zero-order chi connectivity index (χ0) is 20.2. The van der Waals surface area contributed by atoms with Crippen molar-refractivity contribution in [3.8, 4) is 11.1 Å². The van der Waals surface area contributed by atoms with E-state index in [1.807, 2.05) is 24.3 Å². The second kappa shape index (κ2) is 8.66. The third-order valence-corrected chi connectivity index (χ3v) is 5.80. The minimum absolute atomic E-state index is 0.0330. The van der Waals surface area contributed by atoms with Crippen molar-refractivity contribution < 1.29 is 19.4 Å². The maximum absolute atomic E-state index is 12.8. The molecule has 1 heterocycles. The third kappa shape index (κ3) is 4.27. The monoisotopic (exact) mass is 394 g/mol. The summed E-state index contributed by atoms with van der Waals surface area (Å²) in [4.78, 5) is 25.4. The maximum Gasteiger partial charge on any atom is 0.410 e. The van der Waals surface area contributed by atoms with E-state index in [0.29, 0.717) is 6.54 Å². The Bertz CT molecular complexity index is 846. The van der Waals surface area contributed by atoms with Crippen LogP contribution in [-0.2, 0) is 9.53 Å². The minimum Gasteiger partial charge on any atom is -0.480 e. The largest absolute Gasteiger partial charge is 0.480 e. The molecule has 2 N–H and O–H groups in total. The summed E-state index contributed by atoms with van der Waals surface area (Å²) < 4.78 is 5.65. The highest BCUT2D eigenvalue weighted by molar-refractivity contribution is 5.79. The van der Waals surface area contributed by atoms with Crippen molar-refractivity contribution in [2.75, 3.05) is 32.8 Å². The molecule has 1 fully saturated rings. The number of carbonyl (C=O) groups is 2. The van der Waals surface area contributed by atoms with Crippen LogP contribution in [0.15, 0.2) is 48.5 Å². The summed E-state index contributed by atoms with van der Waals surface area (Å²) in [5.74, 6) is -0.805. The van der Waals surface area contributed by atoms with Gasteiger partial charge in [0.05, 0.1) is 0 Å². The molecule has 29 heavy (non-hydrogen) atoms. The number of carboxylic acid groups (broad SMARTS) is 1. The first-order valence-electron chi connectivity index (χ1n) is 10.2. The molecule has 2 aromatic carbocycles. The number of fused-ring (bicyclic) bond motifs is 3. The normalized spacial score (nSPS) is 18.0. The van der Waals surface area contributed by atoms with Gasteiger partial charge in [-0.25, -0.2) is 4.79 Å². The fourth-order valence-corrected chi connectivity index (χ4v) is 4.44. The summed E-state index contributed by atoms with van der Waals surface area (Å²) in [5.41, 5.74) is 4.62. The summed E-state index contributed by atoms with van der Waals surface area (Å²) in [7, 11) is 0. The molecule has 0 aromatic heterocycles. The number of piperidine rings is 1. The summed E-state index contributed by atoms with van der Waals surface area (Å²) in [6.07, 6.45) is 1.47. The number of nitrogens with zero attached hydrogens (tertiary/aromatic N) is 1. The van der Waals surface area contributed by atoms with Gasteiger partial charge in [-0.1, -0.05) is 48.5 Å². The standard InChI is InChI=1S/C23H26N2O4/c26-22(27)14-25(13-16-6-5-11-24-12-16)23(28)29-15-21-19-9-3-1-7-17(19)18-8-2-4-10-20(18)21/h1-4,7-10,16,21,24H,5-6,11-15H2,(H,26,27). The Morgan fingerprint density at radius 3 is 2.31 bits per heavy atom. The third-order valence-electron chi connectivity index (χ3n) is 5.80. The lowest BCUT2D eigenvalue weighted by Gasteiger charge is -2.29. The fourth-order valence-electron chi connectivity index (χ4n) is 4.44. The molecule has 1 unspecified atom stereocenters. The van der Waals surface area contributed by atoms with Gasteiger partial charge in [0.25, 0.3) is 0 Å². The van der Waals surface area contributed by atoms with Crippen molar-refractivity contribution in [2.45, 2.75) is 18.8 Å². The molecule has 1 saturated heterocycles. The van der Waals surface area contributed by atoms with E-state index in [2.05, 4.69) is 29.6 Å². The van der Waals surface area contributed by atoms with Crippen molar-refractivity contribution in [3.05, 3.63) is 59.7 Å². The van der Waals surface area contributed by atoms with Gasteiger partial charge in [0.15, 0.2) is 0 Å². The van der Waals surface area contributed by atoms with E-state index in [1.54, 1.807) is 0 Å². The maximum atomic E-state index is 12.8. The fraction of sp³-hybridized carbons (Fsp3) is 0.391. The SMILES string of the molecule is O=C(O)CN(CC1CCCNC1)C(=O)OCC1c2ccccc2-c2ccccc21. The second-order valence-electron chi connectivity index (χ2n) is 7.79. The van der Waals surface area contributed by atoms with Gasteiger partial charge in [-0.15, -0.1) is 0 Å². The van der Waals surface area contributed by atoms with Crippen LogP contribution in [-0.4, -0.2) is 54.9 Å². The Kier molecular flexibility index (Phi) is 5.81. The van der Waals surface area contributed by atoms with Crippen LogP contribution in [0, 0.1) is 5.92 Å². The highest BCUT2D eigenvalue weighted by Crippen LogP contribution is 2.44. The lowest BCUT2D eigenvalue weighted by Crippen LogP contribution is -2.43. The van der Waals surface area contributed by atoms with Crippen molar-refractivity contribution in [2.24, 2.45) is 5.92 Å². The van der Waals surface area contributed by atoms with Crippen LogP contribution < -0.4 is 5.32 Å². The Labute approximate surface area is 170 Å². The van der Waals surface area contributed by atoms with Crippen LogP contribution >= 0.6 is 0 Å². The molecule has 6 heteroatoms. The molecular weight excluding hydrogens is 368 g/mol. The molecule has 1 atom stereocenters. The van der Waals surface area contributed by atoms with Crippen LogP contribution in [0.2, 0.25) is 0 Å². The number of nitrogens with one attached hydrogen (secondary N) is 1. The summed E-state index contributed by atoms with van der Waals surface area (Å²) in [6, 6.07) is 16.3. The quantitative estimate of drug-likeness (QED) is 0.786. The number of hydrogen-bond acceptors (Lipinski definition) is 4. The Balaban J connectivity index is 1.46. The van der Waals surface area contributed by atoms with E-state index in [1.165, 1.54) is 16.0 Å². The van der Waals surface area contributed by atoms with Gasteiger partial charge in [-0.3, -0.25) is 9.69 Å². The Morgan fingerprint density at radius 1 is 1.07 bits per heavy atom. The first-order valence-corrected chi connectivity index (χ1v) is 10.2. The average molecular weight is 394 g/mol. The first kappa shape index (κ1) is 19.5. The van der Waals surface area contributed by atoms with Crippen LogP contribution in [0.25, 0.3) is 11.1 Å². The minimum atomic E-state index is -1.03. The first-order chi connectivity index (χ1) is 14.1. The number of benzene rings is 2. The topological polar surface area (TPSA) is 78.9 Å². The molecule has 1 aliphatic carbocycles. The molecule has 0 saturated carbocycles. The molecule has 0 bridgehead atoms. The highest BCUT2D eigenvalue weighted by atomic mass is 16.6. The molecule has 152 valence electrons. The molecule has 6 nitrogen and oxygen atoms in total. The summed E-state index contributed by atoms with van der Waals surface area (Å²) in [6.45, 7) is 2.03. The number of aliphatic carboxylic acids is 1. The summed E-state index contributed by atoms with van der Waals surface area (Å²) >= 11 is 0. The van der Waals surface area contributed by atoms with E-state index in [4.69, 9.17) is 4.74 Å². The molecule has 2 aromatic rings. The van der Waals surface area contributed by atoms with Crippen LogP contribution in [0.1, 0.15) is 29.9 Å². The smallest absolute Gasteiger partial charge is 0.410 e. The predicted molar refractivity (Wildman–Crippen MR) is 110 cm³/mol. The van der Waals surface area contributed by atoms with Gasteiger partial charge in [-0.2, -0.15) is 0 Å².